The molecule has 0 heterocycles. The van der Waals surface area contributed by atoms with Crippen LogP contribution in [-0.4, -0.2) is 64.1 Å². The van der Waals surface area contributed by atoms with Crippen LogP contribution in [-0.2, 0) is 18.9 Å². The van der Waals surface area contributed by atoms with Gasteiger partial charge in [0.15, 0.2) is 0 Å². The Morgan fingerprint density at radius 1 is 0.600 bits per heavy atom. The van der Waals surface area contributed by atoms with Crippen molar-refractivity contribution in [1.82, 2.24) is 0 Å². The second kappa shape index (κ2) is 17.2. The van der Waals surface area contributed by atoms with Gasteiger partial charge in [-0.2, -0.15) is 0 Å². The quantitative estimate of drug-likeness (QED) is 0.378. The SMILES string of the molecule is CC(C)CC(C)CC(CC(C)C)OCCOCCOCCOCCO. The van der Waals surface area contributed by atoms with Crippen molar-refractivity contribution in [2.75, 3.05) is 52.9 Å². The van der Waals surface area contributed by atoms with Crippen molar-refractivity contribution in [2.45, 2.75) is 60.0 Å². The Morgan fingerprint density at radius 3 is 1.56 bits per heavy atom. The summed E-state index contributed by atoms with van der Waals surface area (Å²) in [5.41, 5.74) is 0. The Hall–Kier alpha value is -0.200. The van der Waals surface area contributed by atoms with Crippen LogP contribution in [0.4, 0.5) is 0 Å². The second-order valence-corrected chi connectivity index (χ2v) is 7.65. The van der Waals surface area contributed by atoms with Crippen molar-refractivity contribution in [2.24, 2.45) is 17.8 Å². The minimum atomic E-state index is 0.0527. The van der Waals surface area contributed by atoms with Crippen molar-refractivity contribution in [3.63, 3.8) is 0 Å². The molecule has 0 bridgehead atoms. The lowest BCUT2D eigenvalue weighted by Crippen LogP contribution is -2.22. The molecular formula is C20H42O5. The molecule has 0 aliphatic heterocycles. The first-order valence-electron chi connectivity index (χ1n) is 9.91. The highest BCUT2D eigenvalue weighted by molar-refractivity contribution is 4.67. The fourth-order valence-electron chi connectivity index (χ4n) is 2.99. The lowest BCUT2D eigenvalue weighted by atomic mass is 9.91. The lowest BCUT2D eigenvalue weighted by Gasteiger charge is -2.24. The zero-order valence-electron chi connectivity index (χ0n) is 17.2. The summed E-state index contributed by atoms with van der Waals surface area (Å²) in [6, 6.07) is 0. The molecule has 0 rings (SSSR count). The van der Waals surface area contributed by atoms with Crippen LogP contribution in [0.5, 0.6) is 0 Å². The zero-order chi connectivity index (χ0) is 18.9. The maximum absolute atomic E-state index is 8.57. The smallest absolute Gasteiger partial charge is 0.0704 e. The van der Waals surface area contributed by atoms with Crippen LogP contribution in [0.1, 0.15) is 53.9 Å². The summed E-state index contributed by atoms with van der Waals surface area (Å²) in [4.78, 5) is 0. The lowest BCUT2D eigenvalue weighted by molar-refractivity contribution is -0.0300. The molecule has 0 spiro atoms. The van der Waals surface area contributed by atoms with Crippen LogP contribution in [0.15, 0.2) is 0 Å². The molecule has 0 saturated heterocycles. The van der Waals surface area contributed by atoms with Gasteiger partial charge in [-0.05, 0) is 37.0 Å². The summed E-state index contributed by atoms with van der Waals surface area (Å²) in [5.74, 6) is 2.09. The van der Waals surface area contributed by atoms with Crippen molar-refractivity contribution >= 4 is 0 Å². The third-order valence-electron chi connectivity index (χ3n) is 3.83. The van der Waals surface area contributed by atoms with Gasteiger partial charge in [0.05, 0.1) is 59.0 Å². The van der Waals surface area contributed by atoms with Crippen molar-refractivity contribution in [1.29, 1.82) is 0 Å². The monoisotopic (exact) mass is 362 g/mol. The summed E-state index contributed by atoms with van der Waals surface area (Å²) < 4.78 is 22.1. The zero-order valence-corrected chi connectivity index (χ0v) is 17.2. The molecule has 25 heavy (non-hydrogen) atoms. The normalized spacial score (nSPS) is 14.4. The largest absolute Gasteiger partial charge is 0.394 e. The average molecular weight is 363 g/mol. The standard InChI is InChI=1S/C20H42O5/c1-17(2)14-19(5)16-20(15-18(3)4)25-13-12-24-11-10-23-9-8-22-7-6-21/h17-21H,6-16H2,1-5H3. The molecule has 2 atom stereocenters. The van der Waals surface area contributed by atoms with Gasteiger partial charge in [0, 0.05) is 0 Å². The maximum atomic E-state index is 8.57. The highest BCUT2D eigenvalue weighted by Gasteiger charge is 2.16. The molecule has 152 valence electrons. The highest BCUT2D eigenvalue weighted by Crippen LogP contribution is 2.21. The van der Waals surface area contributed by atoms with Crippen molar-refractivity contribution in [3.05, 3.63) is 0 Å². The van der Waals surface area contributed by atoms with Crippen LogP contribution >= 0.6 is 0 Å². The van der Waals surface area contributed by atoms with E-state index in [0.717, 1.165) is 18.8 Å². The molecule has 0 aromatic rings. The van der Waals surface area contributed by atoms with Crippen molar-refractivity contribution < 1.29 is 24.1 Å². The first-order chi connectivity index (χ1) is 12.0. The summed E-state index contributed by atoms with van der Waals surface area (Å²) in [5, 5.41) is 8.57. The van der Waals surface area contributed by atoms with Gasteiger partial charge in [0.25, 0.3) is 0 Å². The molecule has 0 aliphatic rings. The van der Waals surface area contributed by atoms with E-state index in [0.29, 0.717) is 64.2 Å². The summed E-state index contributed by atoms with van der Waals surface area (Å²) in [6.07, 6.45) is 3.83. The predicted molar refractivity (Wildman–Crippen MR) is 102 cm³/mol. The third-order valence-corrected chi connectivity index (χ3v) is 3.83. The molecule has 0 aromatic carbocycles. The minimum absolute atomic E-state index is 0.0527. The van der Waals surface area contributed by atoms with Gasteiger partial charge in [-0.3, -0.25) is 0 Å². The Morgan fingerprint density at radius 2 is 1.08 bits per heavy atom. The maximum Gasteiger partial charge on any atom is 0.0704 e. The van der Waals surface area contributed by atoms with Gasteiger partial charge in [0.2, 0.25) is 0 Å². The van der Waals surface area contributed by atoms with E-state index < -0.39 is 0 Å². The van der Waals surface area contributed by atoms with Crippen LogP contribution in [0.25, 0.3) is 0 Å². The van der Waals surface area contributed by atoms with Gasteiger partial charge in [-0.1, -0.05) is 34.6 Å². The van der Waals surface area contributed by atoms with Crippen LogP contribution in [0, 0.1) is 17.8 Å². The fourth-order valence-corrected chi connectivity index (χ4v) is 2.99. The molecule has 0 amide bonds. The number of hydrogen-bond donors (Lipinski definition) is 1. The predicted octanol–water partition coefficient (Wildman–Crippen LogP) is 3.53. The molecule has 0 aromatic heterocycles. The van der Waals surface area contributed by atoms with Crippen LogP contribution in [0.3, 0.4) is 0 Å². The Kier molecular flexibility index (Phi) is 17.1. The van der Waals surface area contributed by atoms with E-state index >= 15 is 0 Å². The molecule has 5 nitrogen and oxygen atoms in total. The summed E-state index contributed by atoms with van der Waals surface area (Å²) in [7, 11) is 0. The average Bonchev–Trinajstić information content (AvgIpc) is 2.51. The molecule has 0 fully saturated rings. The summed E-state index contributed by atoms with van der Waals surface area (Å²) >= 11 is 0. The molecule has 2 unspecified atom stereocenters. The Bertz CT molecular complexity index is 271. The van der Waals surface area contributed by atoms with E-state index in [1.165, 1.54) is 6.42 Å². The molecule has 0 radical (unpaired) electrons. The van der Waals surface area contributed by atoms with E-state index in [-0.39, 0.29) is 6.61 Å². The number of hydrogen-bond acceptors (Lipinski definition) is 5. The van der Waals surface area contributed by atoms with Gasteiger partial charge in [-0.15, -0.1) is 0 Å². The molecule has 5 heteroatoms. The Balaban J connectivity index is 3.67. The molecule has 0 saturated carbocycles. The van der Waals surface area contributed by atoms with Gasteiger partial charge in [0.1, 0.15) is 0 Å². The molecular weight excluding hydrogens is 320 g/mol. The molecule has 0 aliphatic carbocycles. The van der Waals surface area contributed by atoms with Crippen LogP contribution < -0.4 is 0 Å². The van der Waals surface area contributed by atoms with Gasteiger partial charge >= 0.3 is 0 Å². The van der Waals surface area contributed by atoms with E-state index in [1.54, 1.807) is 0 Å². The first kappa shape index (κ1) is 24.8. The van der Waals surface area contributed by atoms with E-state index in [1.807, 2.05) is 0 Å². The fraction of sp³-hybridized carbons (Fsp3) is 1.00. The topological polar surface area (TPSA) is 57.2 Å². The number of aliphatic hydroxyl groups is 1. The number of aliphatic hydroxyl groups excluding tert-OH is 1. The van der Waals surface area contributed by atoms with E-state index in [9.17, 15) is 0 Å². The highest BCUT2D eigenvalue weighted by atomic mass is 16.6. The molecule has 1 N–H and O–H groups in total. The minimum Gasteiger partial charge on any atom is -0.394 e. The van der Waals surface area contributed by atoms with Gasteiger partial charge < -0.3 is 24.1 Å². The third kappa shape index (κ3) is 18.4. The Labute approximate surface area is 155 Å². The van der Waals surface area contributed by atoms with Crippen molar-refractivity contribution in [3.8, 4) is 0 Å². The summed E-state index contributed by atoms with van der Waals surface area (Å²) in [6.45, 7) is 15.2. The number of rotatable bonds is 18. The van der Waals surface area contributed by atoms with Gasteiger partial charge in [-0.25, -0.2) is 0 Å². The van der Waals surface area contributed by atoms with Crippen LogP contribution in [0.2, 0.25) is 0 Å². The van der Waals surface area contributed by atoms with E-state index in [2.05, 4.69) is 34.6 Å². The number of ether oxygens (including phenoxy) is 4. The first-order valence-corrected chi connectivity index (χ1v) is 9.91. The second-order valence-electron chi connectivity index (χ2n) is 7.65. The van der Waals surface area contributed by atoms with E-state index in [4.69, 9.17) is 24.1 Å².